The van der Waals surface area contributed by atoms with Crippen molar-refractivity contribution in [3.63, 3.8) is 0 Å². The number of hydrogen-bond acceptors (Lipinski definition) is 5. The maximum Gasteiger partial charge on any atom is 0.349 e. The lowest BCUT2D eigenvalue weighted by Gasteiger charge is -2.33. The maximum atomic E-state index is 12.5. The van der Waals surface area contributed by atoms with Crippen molar-refractivity contribution in [3.8, 4) is 0 Å². The molecule has 6 nitrogen and oxygen atoms in total. The first kappa shape index (κ1) is 18.3. The fraction of sp³-hybridized carbons (Fsp3) is 0.273. The summed E-state index contributed by atoms with van der Waals surface area (Å²) < 4.78 is 10.7. The minimum absolute atomic E-state index is 0.0123. The Morgan fingerprint density at radius 3 is 2.75 bits per heavy atom. The van der Waals surface area contributed by atoms with Crippen molar-refractivity contribution in [2.75, 3.05) is 30.4 Å². The Hall–Kier alpha value is -3.12. The van der Waals surface area contributed by atoms with E-state index in [2.05, 4.69) is 10.2 Å². The van der Waals surface area contributed by atoms with E-state index in [0.29, 0.717) is 16.7 Å². The molecule has 0 aliphatic carbocycles. The Bertz CT molecular complexity index is 1040. The fourth-order valence-corrected chi connectivity index (χ4v) is 3.54. The highest BCUT2D eigenvalue weighted by atomic mass is 16.5. The zero-order chi connectivity index (χ0) is 19.5. The summed E-state index contributed by atoms with van der Waals surface area (Å²) in [7, 11) is 1.75. The van der Waals surface area contributed by atoms with Crippen LogP contribution in [-0.4, -0.2) is 32.2 Å². The van der Waals surface area contributed by atoms with Crippen LogP contribution in [0.25, 0.3) is 11.0 Å². The number of rotatable bonds is 4. The highest BCUT2D eigenvalue weighted by Gasteiger charge is 2.20. The third-order valence-electron chi connectivity index (χ3n) is 5.09. The molecule has 0 saturated carbocycles. The number of piperidine rings is 1. The summed E-state index contributed by atoms with van der Waals surface area (Å²) >= 11 is 0. The maximum absolute atomic E-state index is 12.5. The zero-order valence-electron chi connectivity index (χ0n) is 15.7. The van der Waals surface area contributed by atoms with Crippen LogP contribution in [0.15, 0.2) is 63.8 Å². The number of amides is 1. The van der Waals surface area contributed by atoms with E-state index in [0.717, 1.165) is 31.6 Å². The summed E-state index contributed by atoms with van der Waals surface area (Å²) in [4.78, 5) is 27.0. The number of nitrogens with one attached hydrogen (secondary N) is 1. The van der Waals surface area contributed by atoms with Crippen LogP contribution in [0.2, 0.25) is 0 Å². The lowest BCUT2D eigenvalue weighted by atomic mass is 10.1. The van der Waals surface area contributed by atoms with Gasteiger partial charge in [0.05, 0.1) is 6.10 Å². The van der Waals surface area contributed by atoms with E-state index >= 15 is 0 Å². The van der Waals surface area contributed by atoms with Crippen molar-refractivity contribution >= 4 is 28.3 Å². The van der Waals surface area contributed by atoms with Crippen molar-refractivity contribution in [2.24, 2.45) is 0 Å². The van der Waals surface area contributed by atoms with Gasteiger partial charge in [0.25, 0.3) is 5.91 Å². The topological polar surface area (TPSA) is 71.8 Å². The van der Waals surface area contributed by atoms with Crippen LogP contribution in [-0.2, 0) is 4.74 Å². The van der Waals surface area contributed by atoms with Gasteiger partial charge in [0.1, 0.15) is 11.1 Å². The van der Waals surface area contributed by atoms with Crippen LogP contribution >= 0.6 is 0 Å². The minimum Gasteiger partial charge on any atom is -0.422 e. The molecule has 1 aliphatic heterocycles. The molecule has 6 heteroatoms. The number of benzene rings is 2. The number of methoxy groups -OCH3 is 1. The molecule has 1 amide bonds. The number of carbonyl (C=O) groups is 1. The molecule has 3 aromatic rings. The predicted octanol–water partition coefficient (Wildman–Crippen LogP) is 3.66. The summed E-state index contributed by atoms with van der Waals surface area (Å²) in [6.07, 6.45) is 2.42. The van der Waals surface area contributed by atoms with Gasteiger partial charge in [0.2, 0.25) is 0 Å². The highest BCUT2D eigenvalue weighted by molar-refractivity contribution is 6.05. The summed E-state index contributed by atoms with van der Waals surface area (Å²) in [5, 5.41) is 3.48. The number of nitrogens with zero attached hydrogens (tertiary/aromatic N) is 1. The molecule has 1 atom stereocenters. The lowest BCUT2D eigenvalue weighted by molar-refractivity contribution is 0.0893. The molecule has 0 radical (unpaired) electrons. The van der Waals surface area contributed by atoms with E-state index in [1.54, 1.807) is 31.4 Å². The molecule has 4 rings (SSSR count). The Morgan fingerprint density at radius 1 is 1.18 bits per heavy atom. The molecule has 0 spiro atoms. The van der Waals surface area contributed by atoms with Gasteiger partial charge in [-0.2, -0.15) is 0 Å². The predicted molar refractivity (Wildman–Crippen MR) is 109 cm³/mol. The van der Waals surface area contributed by atoms with Crippen molar-refractivity contribution in [2.45, 2.75) is 18.9 Å². The number of para-hydroxylation sites is 1. The molecule has 1 unspecified atom stereocenters. The molecule has 1 N–H and O–H groups in total. The van der Waals surface area contributed by atoms with Crippen LogP contribution in [0.4, 0.5) is 11.4 Å². The molecule has 1 fully saturated rings. The molecule has 0 bridgehead atoms. The normalized spacial score (nSPS) is 16.9. The van der Waals surface area contributed by atoms with E-state index < -0.39 is 11.5 Å². The number of anilines is 2. The molecule has 2 heterocycles. The third kappa shape index (κ3) is 3.77. The monoisotopic (exact) mass is 378 g/mol. The lowest BCUT2D eigenvalue weighted by Crippen LogP contribution is -2.39. The molecule has 28 heavy (non-hydrogen) atoms. The van der Waals surface area contributed by atoms with E-state index in [9.17, 15) is 9.59 Å². The molecule has 144 valence electrons. The first-order chi connectivity index (χ1) is 13.6. The molecular weight excluding hydrogens is 356 g/mol. The van der Waals surface area contributed by atoms with E-state index in [1.165, 1.54) is 0 Å². The summed E-state index contributed by atoms with van der Waals surface area (Å²) in [5.74, 6) is -0.482. The van der Waals surface area contributed by atoms with Crippen molar-refractivity contribution in [3.05, 3.63) is 70.6 Å². The smallest absolute Gasteiger partial charge is 0.349 e. The standard InChI is InChI=1S/C22H22N2O4/c1-27-18-6-4-12-24(14-18)17-10-8-16(9-11-17)23-21(25)19-13-15-5-2-3-7-20(15)28-22(19)26/h2-3,5,7-11,13,18H,4,6,12,14H2,1H3,(H,23,25). The number of hydrogen-bond donors (Lipinski definition) is 1. The molecule has 1 saturated heterocycles. The van der Waals surface area contributed by atoms with Gasteiger partial charge in [-0.3, -0.25) is 4.79 Å². The Balaban J connectivity index is 1.49. The Kier molecular flexibility index (Phi) is 5.12. The Morgan fingerprint density at radius 2 is 1.96 bits per heavy atom. The first-order valence-corrected chi connectivity index (χ1v) is 9.36. The number of carbonyl (C=O) groups excluding carboxylic acids is 1. The molecule has 1 aliphatic rings. The van der Waals surface area contributed by atoms with E-state index in [1.807, 2.05) is 30.3 Å². The Labute approximate surface area is 162 Å². The average molecular weight is 378 g/mol. The van der Waals surface area contributed by atoms with Gasteiger partial charge in [-0.25, -0.2) is 4.79 Å². The van der Waals surface area contributed by atoms with Crippen molar-refractivity contribution < 1.29 is 13.9 Å². The van der Waals surface area contributed by atoms with Crippen molar-refractivity contribution in [1.29, 1.82) is 0 Å². The second kappa shape index (κ2) is 7.86. The number of ether oxygens (including phenoxy) is 1. The van der Waals surface area contributed by atoms with Crippen LogP contribution in [0, 0.1) is 0 Å². The van der Waals surface area contributed by atoms with Gasteiger partial charge in [0, 0.05) is 37.0 Å². The first-order valence-electron chi connectivity index (χ1n) is 9.36. The summed E-state index contributed by atoms with van der Waals surface area (Å²) in [6.45, 7) is 1.85. The van der Waals surface area contributed by atoms with Crippen LogP contribution < -0.4 is 15.8 Å². The molecule has 2 aromatic carbocycles. The molecular formula is C22H22N2O4. The quantitative estimate of drug-likeness (QED) is 0.702. The van der Waals surface area contributed by atoms with Gasteiger partial charge >= 0.3 is 5.63 Å². The average Bonchev–Trinajstić information content (AvgIpc) is 2.73. The summed E-state index contributed by atoms with van der Waals surface area (Å²) in [5.41, 5.74) is 1.52. The van der Waals surface area contributed by atoms with Crippen LogP contribution in [0.1, 0.15) is 23.2 Å². The highest BCUT2D eigenvalue weighted by Crippen LogP contribution is 2.23. The van der Waals surface area contributed by atoms with Gasteiger partial charge in [-0.1, -0.05) is 18.2 Å². The van der Waals surface area contributed by atoms with E-state index in [4.69, 9.17) is 9.15 Å². The largest absolute Gasteiger partial charge is 0.422 e. The van der Waals surface area contributed by atoms with Gasteiger partial charge in [0.15, 0.2) is 0 Å². The third-order valence-corrected chi connectivity index (χ3v) is 5.09. The fourth-order valence-electron chi connectivity index (χ4n) is 3.54. The van der Waals surface area contributed by atoms with E-state index in [-0.39, 0.29) is 11.7 Å². The van der Waals surface area contributed by atoms with Gasteiger partial charge in [-0.15, -0.1) is 0 Å². The second-order valence-electron chi connectivity index (χ2n) is 6.93. The second-order valence-corrected chi connectivity index (χ2v) is 6.93. The van der Waals surface area contributed by atoms with Crippen molar-refractivity contribution in [1.82, 2.24) is 0 Å². The number of fused-ring (bicyclic) bond motifs is 1. The van der Waals surface area contributed by atoms with Crippen LogP contribution in [0.3, 0.4) is 0 Å². The minimum atomic E-state index is -0.647. The summed E-state index contributed by atoms with van der Waals surface area (Å²) in [6, 6.07) is 16.3. The zero-order valence-corrected chi connectivity index (χ0v) is 15.7. The van der Waals surface area contributed by atoms with Gasteiger partial charge in [-0.05, 0) is 49.2 Å². The SMILES string of the molecule is COC1CCCN(c2ccc(NC(=O)c3cc4ccccc4oc3=O)cc2)C1. The van der Waals surface area contributed by atoms with Gasteiger partial charge < -0.3 is 19.4 Å². The molecule has 1 aromatic heterocycles. The van der Waals surface area contributed by atoms with Crippen LogP contribution in [0.5, 0.6) is 0 Å².